The molecule has 1 aromatic carbocycles. The lowest BCUT2D eigenvalue weighted by atomic mass is 10.1. The van der Waals surface area contributed by atoms with Crippen LogP contribution in [0.15, 0.2) is 58.4 Å². The summed E-state index contributed by atoms with van der Waals surface area (Å²) in [5.41, 5.74) is 2.38. The van der Waals surface area contributed by atoms with Gasteiger partial charge >= 0.3 is 5.97 Å². The van der Waals surface area contributed by atoms with Gasteiger partial charge in [0, 0.05) is 23.3 Å². The van der Waals surface area contributed by atoms with E-state index in [1.165, 1.54) is 42.0 Å². The molecule has 0 atom stereocenters. The first-order valence-corrected chi connectivity index (χ1v) is 11.6. The molecule has 0 radical (unpaired) electrons. The van der Waals surface area contributed by atoms with Gasteiger partial charge in [0.1, 0.15) is 0 Å². The second-order valence-electron chi connectivity index (χ2n) is 7.61. The predicted octanol–water partition coefficient (Wildman–Crippen LogP) is 2.69. The average Bonchev–Trinajstić information content (AvgIpc) is 2.77. The summed E-state index contributed by atoms with van der Waals surface area (Å²) in [5, 5.41) is 0.235. The van der Waals surface area contributed by atoms with Crippen LogP contribution in [0.2, 0.25) is 0 Å². The van der Waals surface area contributed by atoms with Gasteiger partial charge in [-0.05, 0) is 63.2 Å². The molecule has 11 heteroatoms. The summed E-state index contributed by atoms with van der Waals surface area (Å²) in [6.45, 7) is 5.15. The topological polar surface area (TPSA) is 133 Å². The normalized spacial score (nSPS) is 11.4. The van der Waals surface area contributed by atoms with Crippen LogP contribution in [0.5, 0.6) is 0 Å². The van der Waals surface area contributed by atoms with Crippen LogP contribution in [-0.2, 0) is 14.8 Å². The van der Waals surface area contributed by atoms with E-state index in [0.717, 1.165) is 0 Å². The van der Waals surface area contributed by atoms with E-state index in [9.17, 15) is 18.0 Å². The van der Waals surface area contributed by atoms with E-state index >= 15 is 0 Å². The second kappa shape index (κ2) is 8.67. The highest BCUT2D eigenvalue weighted by Crippen LogP contribution is 2.19. The number of hydrogen-bond acceptors (Lipinski definition) is 8. The molecule has 0 aliphatic rings. The van der Waals surface area contributed by atoms with E-state index < -0.39 is 21.6 Å². The SMILES string of the molecule is COC(=O)c1cc2c(=O)n(-c3ccc(S(=O)(=O)Nc4nc(C)cc(C)n4)cc3)ccc2nc1C. The van der Waals surface area contributed by atoms with Crippen LogP contribution < -0.4 is 10.3 Å². The van der Waals surface area contributed by atoms with E-state index in [2.05, 4.69) is 19.7 Å². The van der Waals surface area contributed by atoms with Gasteiger partial charge in [-0.15, -0.1) is 0 Å². The number of benzene rings is 1. The highest BCUT2D eigenvalue weighted by molar-refractivity contribution is 7.92. The second-order valence-corrected chi connectivity index (χ2v) is 9.29. The molecule has 0 fully saturated rings. The van der Waals surface area contributed by atoms with Gasteiger partial charge in [0.05, 0.1) is 34.2 Å². The van der Waals surface area contributed by atoms with Crippen molar-refractivity contribution in [3.8, 4) is 5.69 Å². The zero-order valence-corrected chi connectivity index (χ0v) is 19.7. The first-order chi connectivity index (χ1) is 16.1. The van der Waals surface area contributed by atoms with Gasteiger partial charge in [-0.25, -0.2) is 27.9 Å². The molecule has 0 spiro atoms. The highest BCUT2D eigenvalue weighted by Gasteiger charge is 2.18. The lowest BCUT2D eigenvalue weighted by Crippen LogP contribution is -2.19. The van der Waals surface area contributed by atoms with Crippen molar-refractivity contribution in [2.24, 2.45) is 0 Å². The van der Waals surface area contributed by atoms with Crippen LogP contribution >= 0.6 is 0 Å². The Labute approximate surface area is 195 Å². The number of esters is 1. The molecule has 3 heterocycles. The van der Waals surface area contributed by atoms with E-state index in [1.54, 1.807) is 39.1 Å². The Morgan fingerprint density at radius 1 is 0.971 bits per heavy atom. The molecule has 4 rings (SSSR count). The maximum atomic E-state index is 13.1. The van der Waals surface area contributed by atoms with Crippen molar-refractivity contribution in [2.45, 2.75) is 25.7 Å². The van der Waals surface area contributed by atoms with E-state index in [1.807, 2.05) is 0 Å². The molecule has 4 aromatic rings. The Morgan fingerprint density at radius 2 is 1.62 bits per heavy atom. The van der Waals surface area contributed by atoms with Crippen molar-refractivity contribution in [3.05, 3.63) is 81.7 Å². The smallest absolute Gasteiger partial charge is 0.339 e. The number of ether oxygens (including phenoxy) is 1. The third-order valence-electron chi connectivity index (χ3n) is 5.11. The number of methoxy groups -OCH3 is 1. The van der Waals surface area contributed by atoms with Crippen molar-refractivity contribution in [1.29, 1.82) is 0 Å². The maximum Gasteiger partial charge on any atom is 0.339 e. The molecule has 0 unspecified atom stereocenters. The maximum absolute atomic E-state index is 13.1. The lowest BCUT2D eigenvalue weighted by Gasteiger charge is -2.11. The molecule has 0 saturated carbocycles. The predicted molar refractivity (Wildman–Crippen MR) is 126 cm³/mol. The molecule has 3 aromatic heterocycles. The number of fused-ring (bicyclic) bond motifs is 1. The van der Waals surface area contributed by atoms with Crippen molar-refractivity contribution in [2.75, 3.05) is 11.8 Å². The lowest BCUT2D eigenvalue weighted by molar-refractivity contribution is 0.0599. The fraction of sp³-hybridized carbons (Fsp3) is 0.174. The fourth-order valence-electron chi connectivity index (χ4n) is 3.52. The molecule has 0 aliphatic carbocycles. The molecule has 0 amide bonds. The molecular formula is C23H21N5O5S. The summed E-state index contributed by atoms with van der Waals surface area (Å²) < 4.78 is 34.0. The fourth-order valence-corrected chi connectivity index (χ4v) is 4.47. The number of carbonyl (C=O) groups is 1. The van der Waals surface area contributed by atoms with Gasteiger partial charge in [-0.1, -0.05) is 0 Å². The van der Waals surface area contributed by atoms with Gasteiger partial charge in [-0.3, -0.25) is 14.3 Å². The quantitative estimate of drug-likeness (QED) is 0.432. The monoisotopic (exact) mass is 479 g/mol. The number of carbonyl (C=O) groups excluding carboxylic acids is 1. The Bertz CT molecular complexity index is 1570. The molecule has 174 valence electrons. The molecule has 0 aliphatic heterocycles. The number of sulfonamides is 1. The average molecular weight is 480 g/mol. The van der Waals surface area contributed by atoms with Crippen LogP contribution in [0.1, 0.15) is 27.4 Å². The van der Waals surface area contributed by atoms with Crippen molar-refractivity contribution in [3.63, 3.8) is 0 Å². The molecule has 1 N–H and O–H groups in total. The molecular weight excluding hydrogens is 458 g/mol. The Hall–Kier alpha value is -4.12. The Balaban J connectivity index is 1.70. The minimum Gasteiger partial charge on any atom is -0.465 e. The van der Waals surface area contributed by atoms with Crippen LogP contribution in [0, 0.1) is 20.8 Å². The number of nitrogens with one attached hydrogen (secondary N) is 1. The van der Waals surface area contributed by atoms with Crippen LogP contribution in [0.25, 0.3) is 16.6 Å². The highest BCUT2D eigenvalue weighted by atomic mass is 32.2. The number of rotatable bonds is 5. The van der Waals surface area contributed by atoms with Gasteiger partial charge in [0.25, 0.3) is 15.6 Å². The molecule has 0 bridgehead atoms. The third-order valence-corrected chi connectivity index (χ3v) is 6.46. The molecule has 0 saturated heterocycles. The number of hydrogen-bond donors (Lipinski definition) is 1. The van der Waals surface area contributed by atoms with Crippen LogP contribution in [0.4, 0.5) is 5.95 Å². The van der Waals surface area contributed by atoms with Crippen molar-refractivity contribution >= 4 is 32.8 Å². The van der Waals surface area contributed by atoms with E-state index in [0.29, 0.717) is 28.3 Å². The summed E-state index contributed by atoms with van der Waals surface area (Å²) in [7, 11) is -2.68. The summed E-state index contributed by atoms with van der Waals surface area (Å²) in [4.78, 5) is 37.6. The number of aromatic nitrogens is 4. The number of nitrogens with zero attached hydrogens (tertiary/aromatic N) is 4. The Kier molecular flexibility index (Phi) is 5.88. The number of aryl methyl sites for hydroxylation is 3. The molecule has 10 nitrogen and oxygen atoms in total. The summed E-state index contributed by atoms with van der Waals surface area (Å²) in [5.74, 6) is -0.604. The van der Waals surface area contributed by atoms with Gasteiger partial charge in [-0.2, -0.15) is 0 Å². The zero-order valence-electron chi connectivity index (χ0n) is 18.9. The zero-order chi connectivity index (χ0) is 24.6. The summed E-state index contributed by atoms with van der Waals surface area (Å²) in [6.07, 6.45) is 1.54. The van der Waals surface area contributed by atoms with Crippen molar-refractivity contribution < 1.29 is 17.9 Å². The van der Waals surface area contributed by atoms with Crippen LogP contribution in [-0.4, -0.2) is 41.0 Å². The number of pyridine rings is 2. The molecule has 34 heavy (non-hydrogen) atoms. The minimum atomic E-state index is -3.94. The van der Waals surface area contributed by atoms with E-state index in [-0.39, 0.29) is 21.8 Å². The van der Waals surface area contributed by atoms with Crippen LogP contribution in [0.3, 0.4) is 0 Å². The third kappa shape index (κ3) is 4.37. The standard InChI is InChI=1S/C23H21N5O5S/c1-13-11-14(2)25-23(24-13)27-34(31,32)17-7-5-16(6-8-17)28-10-9-20-19(21(28)29)12-18(15(3)26-20)22(30)33-4/h5-12H,1-4H3,(H,24,25,27). The van der Waals surface area contributed by atoms with Gasteiger partial charge in [0.2, 0.25) is 5.95 Å². The largest absolute Gasteiger partial charge is 0.465 e. The number of anilines is 1. The van der Waals surface area contributed by atoms with E-state index in [4.69, 9.17) is 4.74 Å². The van der Waals surface area contributed by atoms with Gasteiger partial charge in [0.15, 0.2) is 0 Å². The first kappa shape index (κ1) is 23.1. The summed E-state index contributed by atoms with van der Waals surface area (Å²) >= 11 is 0. The summed E-state index contributed by atoms with van der Waals surface area (Å²) in [6, 6.07) is 10.6. The first-order valence-electron chi connectivity index (χ1n) is 10.2. The van der Waals surface area contributed by atoms with Gasteiger partial charge < -0.3 is 4.74 Å². The minimum absolute atomic E-state index is 0.0156. The Morgan fingerprint density at radius 3 is 2.24 bits per heavy atom. The van der Waals surface area contributed by atoms with Crippen molar-refractivity contribution in [1.82, 2.24) is 19.5 Å².